The number of esters is 1. The molecule has 0 aliphatic rings. The molecule has 8 heteroatoms. The Morgan fingerprint density at radius 2 is 1.85 bits per heavy atom. The van der Waals surface area contributed by atoms with Crippen molar-refractivity contribution in [2.45, 2.75) is 11.5 Å². The van der Waals surface area contributed by atoms with Crippen LogP contribution in [0.1, 0.15) is 15.9 Å². The van der Waals surface area contributed by atoms with Crippen molar-refractivity contribution >= 4 is 16.0 Å². The molecule has 112 valence electrons. The zero-order valence-corrected chi connectivity index (χ0v) is 12.1. The minimum atomic E-state index is -3.91. The largest absolute Gasteiger partial charge is 0.460 e. The maximum absolute atomic E-state index is 11.8. The smallest absolute Gasteiger partial charge is 0.338 e. The average Bonchev–Trinajstić information content (AvgIpc) is 2.38. The van der Waals surface area contributed by atoms with Crippen molar-refractivity contribution in [3.8, 4) is 0 Å². The second-order valence-corrected chi connectivity index (χ2v) is 5.53. The number of carbonyl (C=O) groups is 1. The van der Waals surface area contributed by atoms with E-state index in [1.165, 1.54) is 32.4 Å². The summed E-state index contributed by atoms with van der Waals surface area (Å²) in [4.78, 5) is 11.6. The molecule has 0 spiro atoms. The highest BCUT2D eigenvalue weighted by Gasteiger charge is 2.15. The minimum Gasteiger partial charge on any atom is -0.460 e. The van der Waals surface area contributed by atoms with Crippen LogP contribution in [-0.4, -0.2) is 41.8 Å². The standard InChI is InChI=1S/C12H17NO6S/c1-17-3-4-19-12(14)10-5-9(8-18-2)6-11(7-10)20(13,15)16/h5-7H,3-4,8H2,1-2H3,(H2,13,15,16). The summed E-state index contributed by atoms with van der Waals surface area (Å²) < 4.78 is 37.4. The molecular formula is C12H17NO6S. The van der Waals surface area contributed by atoms with Gasteiger partial charge in [0.2, 0.25) is 10.0 Å². The lowest BCUT2D eigenvalue weighted by Crippen LogP contribution is -2.15. The van der Waals surface area contributed by atoms with Crippen LogP contribution in [0.2, 0.25) is 0 Å². The van der Waals surface area contributed by atoms with Gasteiger partial charge in [0.15, 0.2) is 0 Å². The predicted octanol–water partition coefficient (Wildman–Crippen LogP) is 0.284. The third kappa shape index (κ3) is 4.89. The molecular weight excluding hydrogens is 286 g/mol. The molecule has 0 amide bonds. The minimum absolute atomic E-state index is 0.0779. The maximum Gasteiger partial charge on any atom is 0.338 e. The maximum atomic E-state index is 11.8. The number of methoxy groups -OCH3 is 2. The Balaban J connectivity index is 3.05. The van der Waals surface area contributed by atoms with Crippen molar-refractivity contribution in [3.63, 3.8) is 0 Å². The van der Waals surface area contributed by atoms with Crippen LogP contribution in [0.25, 0.3) is 0 Å². The number of benzene rings is 1. The molecule has 0 aromatic heterocycles. The van der Waals surface area contributed by atoms with Crippen molar-refractivity contribution in [2.24, 2.45) is 5.14 Å². The second-order valence-electron chi connectivity index (χ2n) is 3.97. The van der Waals surface area contributed by atoms with Crippen molar-refractivity contribution in [2.75, 3.05) is 27.4 Å². The summed E-state index contributed by atoms with van der Waals surface area (Å²) in [6, 6.07) is 4.02. The summed E-state index contributed by atoms with van der Waals surface area (Å²) in [7, 11) is -0.976. The molecule has 0 heterocycles. The Hall–Kier alpha value is -1.48. The Morgan fingerprint density at radius 3 is 2.40 bits per heavy atom. The number of hydrogen-bond acceptors (Lipinski definition) is 6. The van der Waals surface area contributed by atoms with Crippen LogP contribution in [0.5, 0.6) is 0 Å². The molecule has 7 nitrogen and oxygen atoms in total. The fourth-order valence-electron chi connectivity index (χ4n) is 1.49. The number of primary sulfonamides is 1. The molecule has 0 aliphatic heterocycles. The zero-order chi connectivity index (χ0) is 15.2. The molecule has 0 bridgehead atoms. The van der Waals surface area contributed by atoms with Crippen LogP contribution in [0.3, 0.4) is 0 Å². The summed E-state index contributed by atoms with van der Waals surface area (Å²) in [6.07, 6.45) is 0. The summed E-state index contributed by atoms with van der Waals surface area (Å²) in [6.45, 7) is 0.488. The van der Waals surface area contributed by atoms with Gasteiger partial charge in [-0.1, -0.05) is 0 Å². The zero-order valence-electron chi connectivity index (χ0n) is 11.3. The normalized spacial score (nSPS) is 11.3. The first-order valence-corrected chi connectivity index (χ1v) is 7.25. The molecule has 0 unspecified atom stereocenters. The Morgan fingerprint density at radius 1 is 1.15 bits per heavy atom. The van der Waals surface area contributed by atoms with E-state index in [-0.39, 0.29) is 30.3 Å². The van der Waals surface area contributed by atoms with Crippen LogP contribution >= 0.6 is 0 Å². The van der Waals surface area contributed by atoms with E-state index in [1.807, 2.05) is 0 Å². The van der Waals surface area contributed by atoms with Gasteiger partial charge in [-0.25, -0.2) is 18.4 Å². The van der Waals surface area contributed by atoms with E-state index in [1.54, 1.807) is 0 Å². The average molecular weight is 303 g/mol. The van der Waals surface area contributed by atoms with Crippen molar-refractivity contribution < 1.29 is 27.4 Å². The van der Waals surface area contributed by atoms with E-state index in [2.05, 4.69) is 0 Å². The molecule has 1 rings (SSSR count). The van der Waals surface area contributed by atoms with Crippen LogP contribution in [0.4, 0.5) is 0 Å². The monoisotopic (exact) mass is 303 g/mol. The van der Waals surface area contributed by atoms with E-state index >= 15 is 0 Å². The van der Waals surface area contributed by atoms with Gasteiger partial charge in [0, 0.05) is 14.2 Å². The molecule has 0 atom stereocenters. The van der Waals surface area contributed by atoms with E-state index in [0.29, 0.717) is 5.56 Å². The number of ether oxygens (including phenoxy) is 3. The first kappa shape index (κ1) is 16.6. The fraction of sp³-hybridized carbons (Fsp3) is 0.417. The predicted molar refractivity (Wildman–Crippen MR) is 70.7 cm³/mol. The number of hydrogen-bond donors (Lipinski definition) is 1. The number of sulfonamides is 1. The number of nitrogens with two attached hydrogens (primary N) is 1. The molecule has 0 fully saturated rings. The second kappa shape index (κ2) is 7.34. The SMILES string of the molecule is COCCOC(=O)c1cc(COC)cc(S(N)(=O)=O)c1. The van der Waals surface area contributed by atoms with Gasteiger partial charge in [-0.3, -0.25) is 0 Å². The van der Waals surface area contributed by atoms with E-state index in [4.69, 9.17) is 19.3 Å². The highest BCUT2D eigenvalue weighted by Crippen LogP contribution is 2.16. The fourth-order valence-corrected chi connectivity index (χ4v) is 2.10. The van der Waals surface area contributed by atoms with Crippen molar-refractivity contribution in [3.05, 3.63) is 29.3 Å². The van der Waals surface area contributed by atoms with Gasteiger partial charge in [0.1, 0.15) is 6.61 Å². The van der Waals surface area contributed by atoms with Crippen molar-refractivity contribution in [1.29, 1.82) is 0 Å². The first-order chi connectivity index (χ1) is 9.38. The molecule has 20 heavy (non-hydrogen) atoms. The van der Waals surface area contributed by atoms with Gasteiger partial charge < -0.3 is 14.2 Å². The summed E-state index contributed by atoms with van der Waals surface area (Å²) >= 11 is 0. The lowest BCUT2D eigenvalue weighted by Gasteiger charge is -2.08. The van der Waals surface area contributed by atoms with Crippen LogP contribution in [0, 0.1) is 0 Å². The van der Waals surface area contributed by atoms with Gasteiger partial charge in [0.25, 0.3) is 0 Å². The summed E-state index contributed by atoms with van der Waals surface area (Å²) in [5, 5.41) is 5.07. The molecule has 1 aromatic carbocycles. The van der Waals surface area contributed by atoms with E-state index < -0.39 is 16.0 Å². The number of carbonyl (C=O) groups excluding carboxylic acids is 1. The Labute approximate surface area is 117 Å². The van der Waals surface area contributed by atoms with Crippen molar-refractivity contribution in [1.82, 2.24) is 0 Å². The van der Waals surface area contributed by atoms with E-state index in [9.17, 15) is 13.2 Å². The van der Waals surface area contributed by atoms with Crippen LogP contribution < -0.4 is 5.14 Å². The molecule has 0 saturated carbocycles. The third-order valence-corrected chi connectivity index (χ3v) is 3.25. The lowest BCUT2D eigenvalue weighted by molar-refractivity contribution is 0.0387. The summed E-state index contributed by atoms with van der Waals surface area (Å²) in [5.74, 6) is -0.648. The molecule has 0 aliphatic carbocycles. The van der Waals surface area contributed by atoms with Gasteiger partial charge in [0.05, 0.1) is 23.7 Å². The van der Waals surface area contributed by atoms with Crippen LogP contribution in [0.15, 0.2) is 23.1 Å². The van der Waals surface area contributed by atoms with Gasteiger partial charge in [-0.05, 0) is 23.8 Å². The van der Waals surface area contributed by atoms with Crippen LogP contribution in [-0.2, 0) is 30.8 Å². The molecule has 1 aromatic rings. The quantitative estimate of drug-likeness (QED) is 0.573. The summed E-state index contributed by atoms with van der Waals surface area (Å²) in [5.41, 5.74) is 0.609. The Kier molecular flexibility index (Phi) is 6.08. The first-order valence-electron chi connectivity index (χ1n) is 5.70. The van der Waals surface area contributed by atoms with Gasteiger partial charge >= 0.3 is 5.97 Å². The highest BCUT2D eigenvalue weighted by molar-refractivity contribution is 7.89. The Bertz CT molecular complexity index is 569. The van der Waals surface area contributed by atoms with Gasteiger partial charge in [-0.15, -0.1) is 0 Å². The topological polar surface area (TPSA) is 105 Å². The number of rotatable bonds is 7. The van der Waals surface area contributed by atoms with E-state index in [0.717, 1.165) is 0 Å². The van der Waals surface area contributed by atoms with Gasteiger partial charge in [-0.2, -0.15) is 0 Å². The molecule has 0 saturated heterocycles. The lowest BCUT2D eigenvalue weighted by atomic mass is 10.1. The molecule has 0 radical (unpaired) electrons. The molecule has 2 N–H and O–H groups in total. The third-order valence-electron chi connectivity index (χ3n) is 2.36. The highest BCUT2D eigenvalue weighted by atomic mass is 32.2.